The molecule has 80 valence electrons. The third-order valence-electron chi connectivity index (χ3n) is 2.33. The number of benzene rings is 1. The van der Waals surface area contributed by atoms with Crippen LogP contribution in [-0.4, -0.2) is 14.2 Å². The molecule has 0 aromatic heterocycles. The van der Waals surface area contributed by atoms with Gasteiger partial charge >= 0.3 is 0 Å². The van der Waals surface area contributed by atoms with Crippen molar-refractivity contribution >= 4 is 16.5 Å². The monoisotopic (exact) mass is 224 g/mol. The second-order valence-electron chi connectivity index (χ2n) is 3.15. The van der Waals surface area contributed by atoms with Gasteiger partial charge in [-0.15, -0.1) is 6.58 Å². The molecule has 1 atom stereocenters. The van der Waals surface area contributed by atoms with E-state index in [4.69, 9.17) is 0 Å². The molecule has 0 spiro atoms. The van der Waals surface area contributed by atoms with Gasteiger partial charge in [-0.2, -0.15) is 0 Å². The van der Waals surface area contributed by atoms with Crippen LogP contribution in [0, 0.1) is 0 Å². The molecule has 1 unspecified atom stereocenters. The van der Waals surface area contributed by atoms with Crippen LogP contribution in [0.25, 0.3) is 0 Å². The zero-order valence-corrected chi connectivity index (χ0v) is 9.24. The van der Waals surface area contributed by atoms with Crippen LogP contribution in [0.5, 0.6) is 0 Å². The molecule has 1 aromatic carbocycles. The lowest BCUT2D eigenvalue weighted by Crippen LogP contribution is -2.33. The molecule has 0 saturated carbocycles. The maximum atomic E-state index is 11.5. The van der Waals surface area contributed by atoms with Gasteiger partial charge < -0.3 is 0 Å². The molecule has 0 aliphatic heterocycles. The van der Waals surface area contributed by atoms with E-state index in [1.807, 2.05) is 0 Å². The molecule has 0 amide bonds. The molecule has 0 aliphatic carbocycles. The topological polar surface area (TPSA) is 51.2 Å². The van der Waals surface area contributed by atoms with Gasteiger partial charge in [0, 0.05) is 0 Å². The Labute approximate surface area is 90.4 Å². The lowest BCUT2D eigenvalue weighted by molar-refractivity contribution is -0.118. The Morgan fingerprint density at radius 3 is 2.20 bits per heavy atom. The van der Waals surface area contributed by atoms with Crippen LogP contribution >= 0.6 is 0 Å². The quantitative estimate of drug-likeness (QED) is 0.619. The van der Waals surface area contributed by atoms with E-state index in [0.717, 1.165) is 0 Å². The van der Waals surface area contributed by atoms with Crippen molar-refractivity contribution in [1.29, 1.82) is 0 Å². The average Bonchev–Trinajstić information content (AvgIpc) is 2.20. The number of thiol groups is 1. The van der Waals surface area contributed by atoms with Gasteiger partial charge in [-0.05, 0) is 12.5 Å². The molecular weight excluding hydrogens is 212 g/mol. The number of hydrogen-bond acceptors (Lipinski definition) is 3. The van der Waals surface area contributed by atoms with Crippen molar-refractivity contribution in [3.63, 3.8) is 0 Å². The van der Waals surface area contributed by atoms with Gasteiger partial charge in [-0.1, -0.05) is 36.4 Å². The molecule has 1 rings (SSSR count). The molecule has 1 aromatic rings. The fraction of sp³-hybridized carbons (Fsp3) is 0.182. The second kappa shape index (κ2) is 4.40. The first kappa shape index (κ1) is 11.7. The highest BCUT2D eigenvalue weighted by Crippen LogP contribution is 2.27. The summed E-state index contributed by atoms with van der Waals surface area (Å²) >= 11 is 0. The Balaban J connectivity index is 3.49. The second-order valence-corrected chi connectivity index (χ2v) is 4.37. The minimum absolute atomic E-state index is 0.434. The molecule has 4 heteroatoms. The number of carbonyl (C=O) groups is 1. The van der Waals surface area contributed by atoms with Crippen molar-refractivity contribution in [2.45, 2.75) is 11.7 Å². The molecule has 3 nitrogen and oxygen atoms in total. The third kappa shape index (κ3) is 1.85. The highest BCUT2D eigenvalue weighted by molar-refractivity contribution is 7.74. The molecule has 0 N–H and O–H groups in total. The fourth-order valence-corrected chi connectivity index (χ4v) is 2.23. The van der Waals surface area contributed by atoms with Gasteiger partial charge in [-0.25, -0.2) is 8.42 Å². The maximum absolute atomic E-state index is 11.5. The number of hydrogen-bond donors (Lipinski definition) is 1. The molecular formula is C11H12O3S. The van der Waals surface area contributed by atoms with Gasteiger partial charge in [0.25, 0.3) is 0 Å². The van der Waals surface area contributed by atoms with Crippen molar-refractivity contribution in [2.75, 3.05) is 0 Å². The van der Waals surface area contributed by atoms with E-state index in [-0.39, 0.29) is 0 Å². The maximum Gasteiger partial charge on any atom is 0.170 e. The summed E-state index contributed by atoms with van der Waals surface area (Å²) in [5.41, 5.74) is 0.434. The molecule has 0 radical (unpaired) electrons. The minimum Gasteiger partial charge on any atom is -0.297 e. The molecule has 0 fully saturated rings. The van der Waals surface area contributed by atoms with E-state index in [1.54, 1.807) is 30.3 Å². The first-order chi connectivity index (χ1) is 7.05. The van der Waals surface area contributed by atoms with Gasteiger partial charge in [0.2, 0.25) is 0 Å². The number of carbonyl (C=O) groups excluding carboxylic acids is 1. The Bertz CT molecular complexity index is 440. The van der Waals surface area contributed by atoms with Crippen molar-refractivity contribution in [3.8, 4) is 0 Å². The van der Waals surface area contributed by atoms with Crippen molar-refractivity contribution in [2.24, 2.45) is 0 Å². The first-order valence-corrected chi connectivity index (χ1v) is 5.58. The summed E-state index contributed by atoms with van der Waals surface area (Å²) in [4.78, 5) is 11.5. The summed E-state index contributed by atoms with van der Waals surface area (Å²) < 4.78 is 20.9. The van der Waals surface area contributed by atoms with E-state index in [2.05, 4.69) is 6.58 Å². The highest BCUT2D eigenvalue weighted by Gasteiger charge is 2.37. The Morgan fingerprint density at radius 2 is 1.87 bits per heavy atom. The molecule has 0 bridgehead atoms. The molecule has 0 saturated heterocycles. The predicted molar refractivity (Wildman–Crippen MR) is 59.3 cm³/mol. The Kier molecular flexibility index (Phi) is 3.42. The molecule has 15 heavy (non-hydrogen) atoms. The van der Waals surface area contributed by atoms with Gasteiger partial charge in [0.15, 0.2) is 21.2 Å². The Hall–Kier alpha value is -1.42. The standard InChI is InChI=1S/C11H12O3S/c1-3-11(9(2)12,15(13)14)10-7-5-4-6-8-10/h3-8,15H,1H2,2H3. The summed E-state index contributed by atoms with van der Waals surface area (Å²) in [5.74, 6) is -0.445. The van der Waals surface area contributed by atoms with Crippen LogP contribution in [0.1, 0.15) is 12.5 Å². The third-order valence-corrected chi connectivity index (χ3v) is 3.67. The average molecular weight is 224 g/mol. The van der Waals surface area contributed by atoms with Gasteiger partial charge in [0.05, 0.1) is 0 Å². The summed E-state index contributed by atoms with van der Waals surface area (Å²) in [5, 5.41) is 0. The highest BCUT2D eigenvalue weighted by atomic mass is 32.2. The van der Waals surface area contributed by atoms with Crippen LogP contribution in [0.2, 0.25) is 0 Å². The largest absolute Gasteiger partial charge is 0.297 e. The smallest absolute Gasteiger partial charge is 0.170 e. The van der Waals surface area contributed by atoms with Crippen LogP contribution in [-0.2, 0) is 20.2 Å². The summed E-state index contributed by atoms with van der Waals surface area (Å²) in [7, 11) is -2.93. The number of ketones is 1. The zero-order valence-electron chi connectivity index (χ0n) is 8.34. The first-order valence-electron chi connectivity index (χ1n) is 4.40. The predicted octanol–water partition coefficient (Wildman–Crippen LogP) is 1.27. The minimum atomic E-state index is -2.93. The summed E-state index contributed by atoms with van der Waals surface area (Å²) in [6.07, 6.45) is 1.18. The number of rotatable bonds is 4. The van der Waals surface area contributed by atoms with Crippen LogP contribution < -0.4 is 0 Å². The molecule has 0 heterocycles. The Morgan fingerprint density at radius 1 is 1.33 bits per heavy atom. The van der Waals surface area contributed by atoms with E-state index in [1.165, 1.54) is 13.0 Å². The van der Waals surface area contributed by atoms with E-state index < -0.39 is 21.2 Å². The van der Waals surface area contributed by atoms with Crippen molar-refractivity contribution in [1.82, 2.24) is 0 Å². The SMILES string of the molecule is C=CC(C(C)=O)(c1ccccc1)[SH](=O)=O. The van der Waals surface area contributed by atoms with Gasteiger partial charge in [0.1, 0.15) is 0 Å². The van der Waals surface area contributed by atoms with Crippen LogP contribution in [0.15, 0.2) is 43.0 Å². The zero-order chi connectivity index (χ0) is 11.5. The summed E-state index contributed by atoms with van der Waals surface area (Å²) in [6, 6.07) is 8.35. The van der Waals surface area contributed by atoms with Crippen molar-refractivity contribution in [3.05, 3.63) is 48.6 Å². The van der Waals surface area contributed by atoms with E-state index in [9.17, 15) is 13.2 Å². The normalized spacial score (nSPS) is 14.5. The fourth-order valence-electron chi connectivity index (χ4n) is 1.47. The van der Waals surface area contributed by atoms with Crippen molar-refractivity contribution < 1.29 is 13.2 Å². The lowest BCUT2D eigenvalue weighted by Gasteiger charge is -2.20. The summed E-state index contributed by atoms with van der Waals surface area (Å²) in [6.45, 7) is 4.70. The van der Waals surface area contributed by atoms with Crippen LogP contribution in [0.3, 0.4) is 0 Å². The van der Waals surface area contributed by atoms with Crippen LogP contribution in [0.4, 0.5) is 0 Å². The van der Waals surface area contributed by atoms with Gasteiger partial charge in [-0.3, -0.25) is 4.79 Å². The lowest BCUT2D eigenvalue weighted by atomic mass is 9.94. The number of Topliss-reactive ketones (excluding diaryl/α,β-unsaturated/α-hetero) is 1. The molecule has 0 aliphatic rings. The van der Waals surface area contributed by atoms with E-state index in [0.29, 0.717) is 5.56 Å². The van der Waals surface area contributed by atoms with E-state index >= 15 is 0 Å².